The summed E-state index contributed by atoms with van der Waals surface area (Å²) in [6, 6.07) is 8.27. The van der Waals surface area contributed by atoms with Gasteiger partial charge in [0.1, 0.15) is 0 Å². The van der Waals surface area contributed by atoms with Crippen molar-refractivity contribution in [3.05, 3.63) is 29.8 Å². The number of aliphatic hydroxyl groups is 3. The smallest absolute Gasteiger partial charge is 0.0881 e. The molecule has 0 radical (unpaired) electrons. The predicted octanol–water partition coefficient (Wildman–Crippen LogP) is 0.181. The van der Waals surface area contributed by atoms with E-state index in [-0.39, 0.29) is 19.8 Å². The number of fused-ring (bicyclic) bond motifs is 1. The van der Waals surface area contributed by atoms with Gasteiger partial charge in [0.25, 0.3) is 0 Å². The molecule has 1 heterocycles. The first-order valence-corrected chi connectivity index (χ1v) is 7.02. The van der Waals surface area contributed by atoms with Gasteiger partial charge in [-0.25, -0.2) is 0 Å². The third-order valence-electron chi connectivity index (χ3n) is 3.43. The Balaban J connectivity index is 2.00. The van der Waals surface area contributed by atoms with E-state index in [4.69, 9.17) is 0 Å². The maximum atomic E-state index is 9.26. The molecular weight excluding hydrogens is 250 g/mol. The normalized spacial score (nSPS) is 18.9. The molecule has 2 rings (SSSR count). The van der Waals surface area contributed by atoms with Crippen LogP contribution in [0.1, 0.15) is 11.5 Å². The van der Waals surface area contributed by atoms with Gasteiger partial charge in [-0.15, -0.1) is 11.8 Å². The zero-order valence-corrected chi connectivity index (χ0v) is 11.0. The van der Waals surface area contributed by atoms with Gasteiger partial charge in [0, 0.05) is 23.1 Å². The molecule has 5 heteroatoms. The monoisotopic (exact) mass is 269 g/mol. The van der Waals surface area contributed by atoms with Gasteiger partial charge in [0.15, 0.2) is 0 Å². The second-order valence-electron chi connectivity index (χ2n) is 4.68. The third kappa shape index (κ3) is 2.70. The van der Waals surface area contributed by atoms with Crippen molar-refractivity contribution < 1.29 is 15.3 Å². The SMILES string of the molecule is OCC(CO)(CO)NCC1CSc2ccccc21. The Hall–Kier alpha value is -0.590. The Morgan fingerprint density at radius 3 is 2.50 bits per heavy atom. The highest BCUT2D eigenvalue weighted by atomic mass is 32.2. The zero-order valence-electron chi connectivity index (χ0n) is 10.2. The Morgan fingerprint density at radius 1 is 1.17 bits per heavy atom. The predicted molar refractivity (Wildman–Crippen MR) is 71.9 cm³/mol. The Morgan fingerprint density at radius 2 is 1.83 bits per heavy atom. The first kappa shape index (κ1) is 13.8. The Bertz CT molecular complexity index is 387. The summed E-state index contributed by atoms with van der Waals surface area (Å²) in [6.45, 7) is -0.184. The lowest BCUT2D eigenvalue weighted by molar-refractivity contribution is 0.0421. The number of hydrogen-bond donors (Lipinski definition) is 4. The van der Waals surface area contributed by atoms with Crippen molar-refractivity contribution in [2.75, 3.05) is 32.1 Å². The Kier molecular flexibility index (Phi) is 4.64. The lowest BCUT2D eigenvalue weighted by Crippen LogP contribution is -2.55. The van der Waals surface area contributed by atoms with E-state index in [2.05, 4.69) is 17.4 Å². The van der Waals surface area contributed by atoms with Gasteiger partial charge >= 0.3 is 0 Å². The second-order valence-corrected chi connectivity index (χ2v) is 5.74. The summed E-state index contributed by atoms with van der Waals surface area (Å²) in [5.74, 6) is 1.35. The van der Waals surface area contributed by atoms with Crippen molar-refractivity contribution in [2.24, 2.45) is 0 Å². The number of rotatable bonds is 6. The molecule has 1 aliphatic rings. The number of nitrogens with one attached hydrogen (secondary N) is 1. The van der Waals surface area contributed by atoms with Crippen LogP contribution in [-0.4, -0.2) is 53.0 Å². The van der Waals surface area contributed by atoms with E-state index in [1.54, 1.807) is 0 Å². The van der Waals surface area contributed by atoms with E-state index >= 15 is 0 Å². The van der Waals surface area contributed by atoms with Crippen LogP contribution in [-0.2, 0) is 0 Å². The van der Waals surface area contributed by atoms with Crippen LogP contribution in [0.25, 0.3) is 0 Å². The topological polar surface area (TPSA) is 72.7 Å². The quantitative estimate of drug-likeness (QED) is 0.593. The van der Waals surface area contributed by atoms with Crippen LogP contribution < -0.4 is 5.32 Å². The second kappa shape index (κ2) is 6.04. The molecule has 1 aromatic rings. The van der Waals surface area contributed by atoms with E-state index in [1.807, 2.05) is 23.9 Å². The molecule has 4 nitrogen and oxygen atoms in total. The summed E-state index contributed by atoms with van der Waals surface area (Å²) in [7, 11) is 0. The minimum Gasteiger partial charge on any atom is -0.394 e. The van der Waals surface area contributed by atoms with Crippen molar-refractivity contribution >= 4 is 11.8 Å². The number of aliphatic hydroxyl groups excluding tert-OH is 3. The van der Waals surface area contributed by atoms with Crippen molar-refractivity contribution in [1.29, 1.82) is 0 Å². The van der Waals surface area contributed by atoms with Crippen molar-refractivity contribution in [3.63, 3.8) is 0 Å². The van der Waals surface area contributed by atoms with E-state index in [9.17, 15) is 15.3 Å². The van der Waals surface area contributed by atoms with Crippen LogP contribution >= 0.6 is 11.8 Å². The summed E-state index contributed by atoms with van der Waals surface area (Å²) in [5, 5.41) is 30.9. The zero-order chi connectivity index (χ0) is 13.0. The highest BCUT2D eigenvalue weighted by Crippen LogP contribution is 2.38. The van der Waals surface area contributed by atoms with Crippen molar-refractivity contribution in [3.8, 4) is 0 Å². The average molecular weight is 269 g/mol. The van der Waals surface area contributed by atoms with Gasteiger partial charge in [-0.3, -0.25) is 0 Å². The van der Waals surface area contributed by atoms with E-state index in [1.165, 1.54) is 10.5 Å². The van der Waals surface area contributed by atoms with Gasteiger partial charge in [-0.2, -0.15) is 0 Å². The van der Waals surface area contributed by atoms with Crippen LogP contribution in [0, 0.1) is 0 Å². The fourth-order valence-electron chi connectivity index (χ4n) is 2.06. The molecule has 18 heavy (non-hydrogen) atoms. The van der Waals surface area contributed by atoms with Crippen molar-refractivity contribution in [1.82, 2.24) is 5.32 Å². The van der Waals surface area contributed by atoms with Gasteiger partial charge in [0.05, 0.1) is 25.4 Å². The number of benzene rings is 1. The molecule has 1 aliphatic heterocycles. The van der Waals surface area contributed by atoms with Gasteiger partial charge in [-0.1, -0.05) is 18.2 Å². The molecule has 0 bridgehead atoms. The molecule has 0 spiro atoms. The average Bonchev–Trinajstić information content (AvgIpc) is 2.85. The Labute approximate surface area is 111 Å². The van der Waals surface area contributed by atoms with Crippen LogP contribution in [0.5, 0.6) is 0 Å². The molecule has 100 valence electrons. The third-order valence-corrected chi connectivity index (χ3v) is 4.68. The maximum Gasteiger partial charge on any atom is 0.0881 e. The fourth-order valence-corrected chi connectivity index (χ4v) is 3.31. The number of thioether (sulfide) groups is 1. The van der Waals surface area contributed by atoms with Gasteiger partial charge in [0.2, 0.25) is 0 Å². The largest absolute Gasteiger partial charge is 0.394 e. The summed E-state index contributed by atoms with van der Waals surface area (Å²) >= 11 is 1.82. The van der Waals surface area contributed by atoms with Gasteiger partial charge in [-0.05, 0) is 11.6 Å². The summed E-state index contributed by atoms with van der Waals surface area (Å²) < 4.78 is 0. The fraction of sp³-hybridized carbons (Fsp3) is 0.538. The highest BCUT2D eigenvalue weighted by Gasteiger charge is 2.30. The molecule has 4 N–H and O–H groups in total. The first-order chi connectivity index (χ1) is 8.74. The molecule has 1 unspecified atom stereocenters. The standard InChI is InChI=1S/C13H19NO3S/c15-7-13(8-16,9-17)14-5-10-6-18-12-4-2-1-3-11(10)12/h1-4,10,14-17H,5-9H2. The van der Waals surface area contributed by atoms with Gasteiger partial charge < -0.3 is 20.6 Å². The molecule has 0 saturated heterocycles. The summed E-state index contributed by atoms with van der Waals surface area (Å²) in [6.07, 6.45) is 0. The summed E-state index contributed by atoms with van der Waals surface area (Å²) in [4.78, 5) is 1.30. The molecule has 0 saturated carbocycles. The van der Waals surface area contributed by atoms with Crippen molar-refractivity contribution in [2.45, 2.75) is 16.4 Å². The highest BCUT2D eigenvalue weighted by molar-refractivity contribution is 7.99. The van der Waals surface area contributed by atoms with Crippen LogP contribution in [0.3, 0.4) is 0 Å². The molecule has 1 atom stereocenters. The first-order valence-electron chi connectivity index (χ1n) is 6.04. The lowest BCUT2D eigenvalue weighted by Gasteiger charge is -2.30. The molecular formula is C13H19NO3S. The minimum atomic E-state index is -0.984. The van der Waals surface area contributed by atoms with Crippen LogP contribution in [0.2, 0.25) is 0 Å². The maximum absolute atomic E-state index is 9.26. The lowest BCUT2D eigenvalue weighted by atomic mass is 9.98. The molecule has 0 fully saturated rings. The van der Waals surface area contributed by atoms with E-state index in [0.717, 1.165) is 5.75 Å². The number of hydrogen-bond acceptors (Lipinski definition) is 5. The molecule has 0 amide bonds. The van der Waals surface area contributed by atoms with Crippen LogP contribution in [0.15, 0.2) is 29.2 Å². The van der Waals surface area contributed by atoms with E-state index < -0.39 is 5.54 Å². The van der Waals surface area contributed by atoms with E-state index in [0.29, 0.717) is 12.5 Å². The molecule has 0 aromatic heterocycles. The minimum absolute atomic E-state index is 0.276. The summed E-state index contributed by atoms with van der Waals surface area (Å²) in [5.41, 5.74) is 0.320. The molecule has 0 aliphatic carbocycles. The van der Waals surface area contributed by atoms with Crippen LogP contribution in [0.4, 0.5) is 0 Å². The molecule has 1 aromatic carbocycles.